The summed E-state index contributed by atoms with van der Waals surface area (Å²) in [5.41, 5.74) is 3.81. The molecule has 3 rings (SSSR count). The predicted octanol–water partition coefficient (Wildman–Crippen LogP) is 1.40. The van der Waals surface area contributed by atoms with Gasteiger partial charge in [-0.1, -0.05) is 12.1 Å². The van der Waals surface area contributed by atoms with Crippen molar-refractivity contribution in [3.8, 4) is 0 Å². The Morgan fingerprint density at radius 2 is 2.05 bits per heavy atom. The van der Waals surface area contributed by atoms with Crippen LogP contribution in [0.5, 0.6) is 0 Å². The molecule has 2 heterocycles. The summed E-state index contributed by atoms with van der Waals surface area (Å²) < 4.78 is 0. The Labute approximate surface area is 127 Å². The van der Waals surface area contributed by atoms with Crippen molar-refractivity contribution in [2.24, 2.45) is 0 Å². The summed E-state index contributed by atoms with van der Waals surface area (Å²) in [7, 11) is 2.15. The molecule has 1 saturated heterocycles. The molecule has 2 aliphatic rings. The normalized spacial score (nSPS) is 21.1. The van der Waals surface area contributed by atoms with E-state index in [1.165, 1.54) is 17.7 Å². The van der Waals surface area contributed by atoms with Gasteiger partial charge in [-0.3, -0.25) is 0 Å². The Morgan fingerprint density at radius 3 is 2.86 bits per heavy atom. The van der Waals surface area contributed by atoms with Crippen LogP contribution < -0.4 is 10.2 Å². The summed E-state index contributed by atoms with van der Waals surface area (Å²) in [6, 6.07) is 6.49. The Bertz CT molecular complexity index is 471. The molecule has 116 valence electrons. The molecule has 0 aliphatic carbocycles. The molecule has 1 fully saturated rings. The predicted molar refractivity (Wildman–Crippen MR) is 86.9 cm³/mol. The highest BCUT2D eigenvalue weighted by Crippen LogP contribution is 2.29. The van der Waals surface area contributed by atoms with Crippen LogP contribution in [0.2, 0.25) is 0 Å². The van der Waals surface area contributed by atoms with Gasteiger partial charge in [0.2, 0.25) is 0 Å². The highest BCUT2D eigenvalue weighted by Gasteiger charge is 2.17. The smallest absolute Gasteiger partial charge is 0.0802 e. The van der Waals surface area contributed by atoms with Crippen molar-refractivity contribution in [2.45, 2.75) is 25.4 Å². The molecular weight excluding hydrogens is 262 g/mol. The number of rotatable bonds is 4. The number of nitrogens with one attached hydrogen (secondary N) is 1. The second-order valence-electron chi connectivity index (χ2n) is 6.31. The zero-order chi connectivity index (χ0) is 14.7. The van der Waals surface area contributed by atoms with E-state index in [1.54, 1.807) is 0 Å². The number of piperazine rings is 1. The van der Waals surface area contributed by atoms with Gasteiger partial charge in [0.1, 0.15) is 0 Å². The quantitative estimate of drug-likeness (QED) is 0.879. The average molecular weight is 289 g/mol. The van der Waals surface area contributed by atoms with Crippen molar-refractivity contribution in [1.82, 2.24) is 10.2 Å². The van der Waals surface area contributed by atoms with Crippen molar-refractivity contribution < 1.29 is 5.11 Å². The Hall–Kier alpha value is -1.10. The fraction of sp³-hybridized carbons (Fsp3) is 0.647. The van der Waals surface area contributed by atoms with Crippen LogP contribution in [0.25, 0.3) is 0 Å². The number of hydrogen-bond acceptors (Lipinski definition) is 4. The lowest BCUT2D eigenvalue weighted by molar-refractivity contribution is 0.136. The summed E-state index contributed by atoms with van der Waals surface area (Å²) in [6.45, 7) is 6.46. The van der Waals surface area contributed by atoms with Crippen LogP contribution in [0.1, 0.15) is 30.1 Å². The van der Waals surface area contributed by atoms with Crippen LogP contribution >= 0.6 is 0 Å². The molecule has 1 unspecified atom stereocenters. The fourth-order valence-corrected chi connectivity index (χ4v) is 3.42. The van der Waals surface area contributed by atoms with Crippen LogP contribution in [0.4, 0.5) is 5.69 Å². The number of aliphatic hydroxyl groups excluding tert-OH is 1. The molecule has 0 spiro atoms. The van der Waals surface area contributed by atoms with E-state index in [-0.39, 0.29) is 6.10 Å². The molecule has 1 aromatic rings. The highest BCUT2D eigenvalue weighted by molar-refractivity contribution is 5.56. The summed E-state index contributed by atoms with van der Waals surface area (Å²) in [4.78, 5) is 4.75. The first-order chi connectivity index (χ1) is 10.2. The number of anilines is 1. The molecule has 0 amide bonds. The first kappa shape index (κ1) is 14.8. The topological polar surface area (TPSA) is 38.7 Å². The third-order valence-electron chi connectivity index (χ3n) is 4.77. The second kappa shape index (κ2) is 6.77. The van der Waals surface area contributed by atoms with Gasteiger partial charge < -0.3 is 20.2 Å². The van der Waals surface area contributed by atoms with E-state index in [0.29, 0.717) is 0 Å². The maximum atomic E-state index is 10.5. The van der Waals surface area contributed by atoms with Gasteiger partial charge in [-0.2, -0.15) is 0 Å². The zero-order valence-corrected chi connectivity index (χ0v) is 13.0. The number of aliphatic hydroxyl groups is 1. The van der Waals surface area contributed by atoms with Crippen LogP contribution in [0, 0.1) is 0 Å². The van der Waals surface area contributed by atoms with Crippen LogP contribution in [-0.4, -0.2) is 56.3 Å². The summed E-state index contributed by atoms with van der Waals surface area (Å²) in [5.74, 6) is 0. The molecule has 2 aliphatic heterocycles. The molecule has 2 N–H and O–H groups in total. The summed E-state index contributed by atoms with van der Waals surface area (Å²) in [5, 5.41) is 13.8. The van der Waals surface area contributed by atoms with Crippen LogP contribution in [0.3, 0.4) is 0 Å². The van der Waals surface area contributed by atoms with Crippen molar-refractivity contribution in [3.63, 3.8) is 0 Å². The van der Waals surface area contributed by atoms with E-state index in [1.807, 2.05) is 0 Å². The average Bonchev–Trinajstić information content (AvgIpc) is 2.53. The number of nitrogens with zero attached hydrogens (tertiary/aromatic N) is 2. The molecular formula is C17H27N3O. The minimum absolute atomic E-state index is 0.336. The van der Waals surface area contributed by atoms with E-state index in [2.05, 4.69) is 40.4 Å². The molecule has 4 nitrogen and oxygen atoms in total. The lowest BCUT2D eigenvalue weighted by atomic mass is 9.96. The lowest BCUT2D eigenvalue weighted by Crippen LogP contribution is -2.44. The number of hydrogen-bond donors (Lipinski definition) is 2. The van der Waals surface area contributed by atoms with E-state index >= 15 is 0 Å². The summed E-state index contributed by atoms with van der Waals surface area (Å²) >= 11 is 0. The lowest BCUT2D eigenvalue weighted by Gasteiger charge is -2.29. The SMILES string of the molecule is CN1CCCc2cc(C(O)CCN3CCNCC3)ccc21. The van der Waals surface area contributed by atoms with Gasteiger partial charge in [0, 0.05) is 52.0 Å². The summed E-state index contributed by atoms with van der Waals surface area (Å²) in [6.07, 6.45) is 2.84. The molecule has 1 aromatic carbocycles. The highest BCUT2D eigenvalue weighted by atomic mass is 16.3. The molecule has 0 saturated carbocycles. The van der Waals surface area contributed by atoms with E-state index in [4.69, 9.17) is 0 Å². The van der Waals surface area contributed by atoms with Gasteiger partial charge in [0.15, 0.2) is 0 Å². The van der Waals surface area contributed by atoms with Gasteiger partial charge >= 0.3 is 0 Å². The largest absolute Gasteiger partial charge is 0.388 e. The number of fused-ring (bicyclic) bond motifs is 1. The monoisotopic (exact) mass is 289 g/mol. The molecule has 0 bridgehead atoms. The van der Waals surface area contributed by atoms with E-state index in [0.717, 1.165) is 57.7 Å². The maximum absolute atomic E-state index is 10.5. The van der Waals surface area contributed by atoms with Gasteiger partial charge in [-0.05, 0) is 36.5 Å². The number of aryl methyl sites for hydroxylation is 1. The van der Waals surface area contributed by atoms with Crippen molar-refractivity contribution in [2.75, 3.05) is 51.2 Å². The Balaban J connectivity index is 1.60. The fourth-order valence-electron chi connectivity index (χ4n) is 3.42. The molecule has 21 heavy (non-hydrogen) atoms. The van der Waals surface area contributed by atoms with Gasteiger partial charge in [0.05, 0.1) is 6.10 Å². The number of benzene rings is 1. The molecule has 1 atom stereocenters. The third kappa shape index (κ3) is 3.57. The van der Waals surface area contributed by atoms with Crippen molar-refractivity contribution >= 4 is 5.69 Å². The molecule has 0 aromatic heterocycles. The van der Waals surface area contributed by atoms with Gasteiger partial charge in [-0.25, -0.2) is 0 Å². The minimum Gasteiger partial charge on any atom is -0.388 e. The van der Waals surface area contributed by atoms with Crippen LogP contribution in [-0.2, 0) is 6.42 Å². The second-order valence-corrected chi connectivity index (χ2v) is 6.31. The van der Waals surface area contributed by atoms with E-state index in [9.17, 15) is 5.11 Å². The standard InChI is InChI=1S/C17H27N3O/c1-19-9-2-3-14-13-15(4-5-16(14)19)17(21)6-10-20-11-7-18-8-12-20/h4-5,13,17-18,21H,2-3,6-12H2,1H3. The minimum atomic E-state index is -0.336. The maximum Gasteiger partial charge on any atom is 0.0802 e. The first-order valence-electron chi connectivity index (χ1n) is 8.19. The van der Waals surface area contributed by atoms with Crippen molar-refractivity contribution in [3.05, 3.63) is 29.3 Å². The van der Waals surface area contributed by atoms with Crippen molar-refractivity contribution in [1.29, 1.82) is 0 Å². The van der Waals surface area contributed by atoms with E-state index < -0.39 is 0 Å². The molecule has 0 radical (unpaired) electrons. The Kier molecular flexibility index (Phi) is 4.78. The molecule has 4 heteroatoms. The van der Waals surface area contributed by atoms with Gasteiger partial charge in [0.25, 0.3) is 0 Å². The first-order valence-corrected chi connectivity index (χ1v) is 8.19. The Morgan fingerprint density at radius 1 is 1.24 bits per heavy atom. The third-order valence-corrected chi connectivity index (χ3v) is 4.77. The van der Waals surface area contributed by atoms with Crippen LogP contribution in [0.15, 0.2) is 18.2 Å². The zero-order valence-electron chi connectivity index (χ0n) is 13.0. The van der Waals surface area contributed by atoms with Gasteiger partial charge in [-0.15, -0.1) is 0 Å².